The number of rotatable bonds is 7. The van der Waals surface area contributed by atoms with Crippen molar-refractivity contribution in [1.82, 2.24) is 5.32 Å². The van der Waals surface area contributed by atoms with Gasteiger partial charge in [0, 0.05) is 5.56 Å². The number of halogens is 3. The summed E-state index contributed by atoms with van der Waals surface area (Å²) >= 11 is 11.9. The maximum absolute atomic E-state index is 13.0. The Hall–Kier alpha value is -2.31. The Labute approximate surface area is 153 Å². The van der Waals surface area contributed by atoms with Gasteiger partial charge < -0.3 is 14.8 Å². The number of nitrogens with one attached hydrogen (secondary N) is 1. The van der Waals surface area contributed by atoms with Crippen LogP contribution in [0.3, 0.4) is 0 Å². The molecule has 0 radical (unpaired) electrons. The van der Waals surface area contributed by atoms with E-state index in [0.717, 1.165) is 6.07 Å². The first-order chi connectivity index (χ1) is 12.0. The van der Waals surface area contributed by atoms with Gasteiger partial charge in [0.05, 0.1) is 10.0 Å². The Morgan fingerprint density at radius 3 is 2.40 bits per heavy atom. The molecule has 0 bridgehead atoms. The van der Waals surface area contributed by atoms with Crippen molar-refractivity contribution in [2.24, 2.45) is 0 Å². The highest BCUT2D eigenvalue weighted by molar-refractivity contribution is 6.37. The molecular formula is C17H14Cl2FNO4. The third kappa shape index (κ3) is 5.92. The summed E-state index contributed by atoms with van der Waals surface area (Å²) in [5, 5.41) is 3.04. The van der Waals surface area contributed by atoms with Gasteiger partial charge in [0.25, 0.3) is 5.91 Å². The summed E-state index contributed by atoms with van der Waals surface area (Å²) < 4.78 is 23.3. The predicted molar refractivity (Wildman–Crippen MR) is 91.6 cm³/mol. The topological polar surface area (TPSA) is 64.6 Å². The van der Waals surface area contributed by atoms with E-state index in [1.807, 2.05) is 0 Å². The van der Waals surface area contributed by atoms with Gasteiger partial charge in [0.15, 0.2) is 5.75 Å². The zero-order valence-electron chi connectivity index (χ0n) is 12.9. The minimum absolute atomic E-state index is 0.0454. The Bertz CT molecular complexity index is 750. The second-order valence-corrected chi connectivity index (χ2v) is 5.63. The monoisotopic (exact) mass is 385 g/mol. The van der Waals surface area contributed by atoms with Crippen LogP contribution in [0.4, 0.5) is 4.39 Å². The molecular weight excluding hydrogens is 372 g/mol. The van der Waals surface area contributed by atoms with Crippen LogP contribution in [0, 0.1) is 5.82 Å². The Balaban J connectivity index is 1.70. The third-order valence-corrected chi connectivity index (χ3v) is 3.59. The highest BCUT2D eigenvalue weighted by Gasteiger charge is 2.10. The largest absolute Gasteiger partial charge is 0.487 e. The molecule has 0 saturated heterocycles. The average molecular weight is 386 g/mol. The van der Waals surface area contributed by atoms with Crippen LogP contribution in [0.2, 0.25) is 10.0 Å². The lowest BCUT2D eigenvalue weighted by Gasteiger charge is -2.10. The van der Waals surface area contributed by atoms with Gasteiger partial charge in [-0.3, -0.25) is 9.59 Å². The fraction of sp³-hybridized carbons (Fsp3) is 0.176. The van der Waals surface area contributed by atoms with Gasteiger partial charge in [-0.15, -0.1) is 0 Å². The van der Waals surface area contributed by atoms with Crippen molar-refractivity contribution in [3.8, 4) is 5.75 Å². The molecule has 0 atom stereocenters. The normalized spacial score (nSPS) is 10.2. The van der Waals surface area contributed by atoms with Crippen molar-refractivity contribution >= 4 is 35.1 Å². The number of carbonyl (C=O) groups excluding carboxylic acids is 2. The first-order valence-electron chi connectivity index (χ1n) is 7.23. The van der Waals surface area contributed by atoms with Crippen molar-refractivity contribution < 1.29 is 23.5 Å². The van der Waals surface area contributed by atoms with Gasteiger partial charge in [-0.05, 0) is 30.3 Å². The minimum Gasteiger partial charge on any atom is -0.487 e. The average Bonchev–Trinajstić information content (AvgIpc) is 2.58. The highest BCUT2D eigenvalue weighted by atomic mass is 35.5. The number of esters is 1. The maximum Gasteiger partial charge on any atom is 0.325 e. The first kappa shape index (κ1) is 19.0. The second kappa shape index (κ2) is 9.25. The summed E-state index contributed by atoms with van der Waals surface area (Å²) in [6.07, 6.45) is 0. The summed E-state index contributed by atoms with van der Waals surface area (Å²) in [5.41, 5.74) is 0.115. The van der Waals surface area contributed by atoms with Gasteiger partial charge in [-0.25, -0.2) is 4.39 Å². The molecule has 0 spiro atoms. The van der Waals surface area contributed by atoms with Crippen LogP contribution in [0.1, 0.15) is 10.4 Å². The van der Waals surface area contributed by atoms with E-state index in [-0.39, 0.29) is 25.3 Å². The molecule has 2 aromatic carbocycles. The summed E-state index contributed by atoms with van der Waals surface area (Å²) in [7, 11) is 0. The van der Waals surface area contributed by atoms with Crippen LogP contribution in [0.25, 0.3) is 0 Å². The van der Waals surface area contributed by atoms with E-state index < -0.39 is 17.7 Å². The molecule has 0 aromatic heterocycles. The summed E-state index contributed by atoms with van der Waals surface area (Å²) in [6, 6.07) is 10.1. The molecule has 25 heavy (non-hydrogen) atoms. The van der Waals surface area contributed by atoms with Crippen molar-refractivity contribution in [2.45, 2.75) is 0 Å². The van der Waals surface area contributed by atoms with Crippen molar-refractivity contribution in [2.75, 3.05) is 19.8 Å². The number of hydrogen-bond donors (Lipinski definition) is 1. The van der Waals surface area contributed by atoms with Crippen molar-refractivity contribution in [3.63, 3.8) is 0 Å². The van der Waals surface area contributed by atoms with E-state index in [1.54, 1.807) is 18.2 Å². The second-order valence-electron chi connectivity index (χ2n) is 4.81. The van der Waals surface area contributed by atoms with Crippen LogP contribution in [0.15, 0.2) is 42.5 Å². The summed E-state index contributed by atoms with van der Waals surface area (Å²) in [5.74, 6) is -1.46. The summed E-state index contributed by atoms with van der Waals surface area (Å²) in [6.45, 7) is -0.342. The van der Waals surface area contributed by atoms with Gasteiger partial charge in [-0.1, -0.05) is 35.3 Å². The van der Waals surface area contributed by atoms with E-state index >= 15 is 0 Å². The molecule has 1 amide bonds. The molecule has 5 nitrogen and oxygen atoms in total. The Morgan fingerprint density at radius 2 is 1.72 bits per heavy atom. The molecule has 0 unspecified atom stereocenters. The number of para-hydroxylation sites is 1. The third-order valence-electron chi connectivity index (χ3n) is 2.99. The lowest BCUT2D eigenvalue weighted by molar-refractivity contribution is -0.143. The molecule has 2 aromatic rings. The van der Waals surface area contributed by atoms with E-state index in [1.165, 1.54) is 18.2 Å². The SMILES string of the molecule is O=C(CNC(=O)c1cccc(F)c1)OCCOc1c(Cl)cccc1Cl. The molecule has 2 rings (SSSR count). The number of carbonyl (C=O) groups is 2. The molecule has 0 saturated carbocycles. The lowest BCUT2D eigenvalue weighted by Crippen LogP contribution is -2.31. The molecule has 0 aliphatic rings. The maximum atomic E-state index is 13.0. The molecule has 1 N–H and O–H groups in total. The van der Waals surface area contributed by atoms with E-state index in [2.05, 4.69) is 5.32 Å². The Morgan fingerprint density at radius 1 is 1.04 bits per heavy atom. The van der Waals surface area contributed by atoms with E-state index in [9.17, 15) is 14.0 Å². The smallest absolute Gasteiger partial charge is 0.325 e. The van der Waals surface area contributed by atoms with Crippen LogP contribution in [-0.4, -0.2) is 31.6 Å². The predicted octanol–water partition coefficient (Wildman–Crippen LogP) is 3.48. The number of hydrogen-bond acceptors (Lipinski definition) is 4. The fourth-order valence-electron chi connectivity index (χ4n) is 1.85. The standard InChI is InChI=1S/C17H14Cl2FNO4/c18-13-5-2-6-14(19)16(13)25-8-7-24-15(22)10-21-17(23)11-3-1-4-12(20)9-11/h1-6,9H,7-8,10H2,(H,21,23). The highest BCUT2D eigenvalue weighted by Crippen LogP contribution is 2.32. The lowest BCUT2D eigenvalue weighted by atomic mass is 10.2. The van der Waals surface area contributed by atoms with Crippen molar-refractivity contribution in [1.29, 1.82) is 0 Å². The van der Waals surface area contributed by atoms with Gasteiger partial charge in [0.1, 0.15) is 25.6 Å². The molecule has 0 fully saturated rings. The van der Waals surface area contributed by atoms with Gasteiger partial charge >= 0.3 is 5.97 Å². The van der Waals surface area contributed by atoms with Crippen LogP contribution >= 0.6 is 23.2 Å². The summed E-state index contributed by atoms with van der Waals surface area (Å²) in [4.78, 5) is 23.3. The van der Waals surface area contributed by atoms with Crippen LogP contribution in [0.5, 0.6) is 5.75 Å². The quantitative estimate of drug-likeness (QED) is 0.585. The first-order valence-corrected chi connectivity index (χ1v) is 7.99. The molecule has 132 valence electrons. The minimum atomic E-state index is -0.654. The number of amides is 1. The molecule has 8 heteroatoms. The molecule has 0 heterocycles. The zero-order chi connectivity index (χ0) is 18.2. The molecule has 0 aliphatic heterocycles. The Kier molecular flexibility index (Phi) is 7.03. The van der Waals surface area contributed by atoms with Gasteiger partial charge in [-0.2, -0.15) is 0 Å². The fourth-order valence-corrected chi connectivity index (χ4v) is 2.36. The van der Waals surface area contributed by atoms with E-state index in [0.29, 0.717) is 15.8 Å². The van der Waals surface area contributed by atoms with Crippen molar-refractivity contribution in [3.05, 3.63) is 63.9 Å². The molecule has 0 aliphatic carbocycles. The number of benzene rings is 2. The number of ether oxygens (including phenoxy) is 2. The zero-order valence-corrected chi connectivity index (χ0v) is 14.4. The van der Waals surface area contributed by atoms with Gasteiger partial charge in [0.2, 0.25) is 0 Å². The van der Waals surface area contributed by atoms with E-state index in [4.69, 9.17) is 32.7 Å². The van der Waals surface area contributed by atoms with Crippen LogP contribution < -0.4 is 10.1 Å². The van der Waals surface area contributed by atoms with Crippen LogP contribution in [-0.2, 0) is 9.53 Å².